The van der Waals surface area contributed by atoms with Crippen molar-refractivity contribution in [2.24, 2.45) is 0 Å². The molecule has 0 spiro atoms. The van der Waals surface area contributed by atoms with Crippen molar-refractivity contribution >= 4 is 5.71 Å². The van der Waals surface area contributed by atoms with Crippen molar-refractivity contribution in [1.82, 2.24) is 40.4 Å². The molecule has 9 nitrogen and oxygen atoms in total. The topological polar surface area (TPSA) is 111 Å². The second kappa shape index (κ2) is 7.25. The quantitative estimate of drug-likeness (QED) is 0.526. The minimum Gasteiger partial charge on any atom is -0.294 e. The maximum Gasteiger partial charge on any atom is 0.208 e. The van der Waals surface area contributed by atoms with E-state index in [4.69, 9.17) is 5.41 Å². The number of tetrazole rings is 2. The molecule has 0 amide bonds. The summed E-state index contributed by atoms with van der Waals surface area (Å²) in [5.74, 6) is 0.562. The Morgan fingerprint density at radius 3 is 1.30 bits per heavy atom. The summed E-state index contributed by atoms with van der Waals surface area (Å²) in [5.41, 5.74) is 8.18. The van der Waals surface area contributed by atoms with E-state index >= 15 is 0 Å². The van der Waals surface area contributed by atoms with Gasteiger partial charge in [0.1, 0.15) is 5.71 Å². The molecule has 0 saturated heterocycles. The molecule has 0 unspecified atom stereocenters. The normalized spacial score (nSPS) is 11.1. The minimum absolute atomic E-state index is 0.0451. The van der Waals surface area contributed by atoms with Gasteiger partial charge in [-0.25, -0.2) is 0 Å². The van der Waals surface area contributed by atoms with Crippen LogP contribution in [-0.4, -0.2) is 46.1 Å². The molecule has 30 heavy (non-hydrogen) atoms. The molecule has 0 aliphatic heterocycles. The molecule has 152 valence electrons. The average molecular weight is 401 g/mol. The number of rotatable bonds is 4. The number of hydrogen-bond acceptors (Lipinski definition) is 7. The van der Waals surface area contributed by atoms with Crippen LogP contribution in [0.25, 0.3) is 11.4 Å². The molecular formula is C21H23N9. The molecule has 0 bridgehead atoms. The molecule has 2 aromatic carbocycles. The van der Waals surface area contributed by atoms with Crippen molar-refractivity contribution in [3.05, 3.63) is 69.3 Å². The van der Waals surface area contributed by atoms with Crippen molar-refractivity contribution in [2.75, 3.05) is 0 Å². The van der Waals surface area contributed by atoms with Crippen LogP contribution in [0.1, 0.15) is 45.0 Å². The summed E-state index contributed by atoms with van der Waals surface area (Å²) in [6, 6.07) is 8.28. The van der Waals surface area contributed by atoms with Gasteiger partial charge < -0.3 is 0 Å². The zero-order valence-corrected chi connectivity index (χ0v) is 17.9. The van der Waals surface area contributed by atoms with Gasteiger partial charge >= 0.3 is 0 Å². The third-order valence-corrected chi connectivity index (χ3v) is 5.08. The second-order valence-corrected chi connectivity index (χ2v) is 7.70. The molecule has 0 atom stereocenters. The maximum absolute atomic E-state index is 8.82. The molecule has 4 aromatic rings. The van der Waals surface area contributed by atoms with E-state index in [0.29, 0.717) is 0 Å². The van der Waals surface area contributed by atoms with E-state index in [1.807, 2.05) is 41.5 Å². The summed E-state index contributed by atoms with van der Waals surface area (Å²) in [6.07, 6.45) is 0. The van der Waals surface area contributed by atoms with Crippen LogP contribution in [0, 0.1) is 47.0 Å². The van der Waals surface area contributed by atoms with E-state index in [-0.39, 0.29) is 17.4 Å². The van der Waals surface area contributed by atoms with Gasteiger partial charge in [0.05, 0.1) is 11.4 Å². The Morgan fingerprint density at radius 2 is 0.967 bits per heavy atom. The van der Waals surface area contributed by atoms with Crippen molar-refractivity contribution in [3.8, 4) is 11.4 Å². The van der Waals surface area contributed by atoms with Crippen LogP contribution in [0.4, 0.5) is 0 Å². The van der Waals surface area contributed by atoms with Crippen LogP contribution < -0.4 is 0 Å². The predicted molar refractivity (Wildman–Crippen MR) is 113 cm³/mol. The zero-order chi connectivity index (χ0) is 21.6. The Labute approximate surface area is 174 Å². The molecule has 2 heterocycles. The lowest BCUT2D eigenvalue weighted by Gasteiger charge is -2.14. The lowest BCUT2D eigenvalue weighted by atomic mass is 10.0. The summed E-state index contributed by atoms with van der Waals surface area (Å²) < 4.78 is 3.17. The second-order valence-electron chi connectivity index (χ2n) is 7.70. The first-order chi connectivity index (χ1) is 14.3. The number of hydrogen-bond donors (Lipinski definition) is 1. The summed E-state index contributed by atoms with van der Waals surface area (Å²) >= 11 is 0. The minimum atomic E-state index is 0.0451. The first-order valence-corrected chi connectivity index (χ1v) is 9.60. The van der Waals surface area contributed by atoms with Gasteiger partial charge in [-0.3, -0.25) is 5.41 Å². The molecule has 0 aliphatic carbocycles. The Hall–Kier alpha value is -3.75. The van der Waals surface area contributed by atoms with Gasteiger partial charge in [0.15, 0.2) is 0 Å². The Morgan fingerprint density at radius 1 is 0.633 bits per heavy atom. The molecule has 1 N–H and O–H groups in total. The number of aryl methyl sites for hydroxylation is 6. The third-order valence-electron chi connectivity index (χ3n) is 5.08. The first-order valence-electron chi connectivity index (χ1n) is 9.60. The Kier molecular flexibility index (Phi) is 4.73. The Balaban J connectivity index is 1.84. The maximum atomic E-state index is 8.82. The van der Waals surface area contributed by atoms with Gasteiger partial charge in [0, 0.05) is 0 Å². The van der Waals surface area contributed by atoms with E-state index < -0.39 is 0 Å². The van der Waals surface area contributed by atoms with E-state index in [1.54, 1.807) is 9.36 Å². The summed E-state index contributed by atoms with van der Waals surface area (Å²) in [7, 11) is 0. The van der Waals surface area contributed by atoms with Crippen molar-refractivity contribution in [2.45, 2.75) is 41.5 Å². The monoisotopic (exact) mass is 401 g/mol. The third kappa shape index (κ3) is 3.18. The zero-order valence-electron chi connectivity index (χ0n) is 17.9. The van der Waals surface area contributed by atoms with Crippen LogP contribution in [0.5, 0.6) is 0 Å². The highest BCUT2D eigenvalue weighted by Crippen LogP contribution is 2.24. The highest BCUT2D eigenvalue weighted by atomic mass is 15.6. The van der Waals surface area contributed by atoms with Gasteiger partial charge in [0.25, 0.3) is 0 Å². The van der Waals surface area contributed by atoms with Crippen LogP contribution in [-0.2, 0) is 0 Å². The summed E-state index contributed by atoms with van der Waals surface area (Å²) in [5, 5.41) is 33.0. The molecule has 0 fully saturated rings. The van der Waals surface area contributed by atoms with Gasteiger partial charge in [-0.15, -0.1) is 10.2 Å². The molecular weight excluding hydrogens is 378 g/mol. The number of nitrogens with zero attached hydrogens (tertiary/aromatic N) is 8. The highest BCUT2D eigenvalue weighted by Gasteiger charge is 2.24. The lowest BCUT2D eigenvalue weighted by Crippen LogP contribution is -2.18. The standard InChI is InChI=1S/C21H23N9/c1-11-7-13(3)18(14(4)8-11)29-20(23-25-27-29)17(22)21-24-26-28-30(21)19-15(5)9-12(2)10-16(19)6/h7-10,22H,1-6H3. The van der Waals surface area contributed by atoms with Crippen molar-refractivity contribution in [1.29, 1.82) is 5.41 Å². The van der Waals surface area contributed by atoms with Crippen LogP contribution in [0.15, 0.2) is 24.3 Å². The molecule has 0 aliphatic rings. The van der Waals surface area contributed by atoms with Gasteiger partial charge in [0.2, 0.25) is 11.6 Å². The van der Waals surface area contributed by atoms with Gasteiger partial charge in [-0.05, 0) is 84.6 Å². The molecule has 2 aromatic heterocycles. The van der Waals surface area contributed by atoms with E-state index in [9.17, 15) is 0 Å². The SMILES string of the molecule is Cc1cc(C)c(-n2nnnc2C(=N)c2nnnn2-c2c(C)cc(C)cc2C)c(C)c1. The fourth-order valence-electron chi connectivity index (χ4n) is 4.10. The van der Waals surface area contributed by atoms with E-state index in [1.165, 1.54) is 0 Å². The van der Waals surface area contributed by atoms with Crippen LogP contribution in [0.2, 0.25) is 0 Å². The highest BCUT2D eigenvalue weighted by molar-refractivity contribution is 6.06. The van der Waals surface area contributed by atoms with E-state index in [2.05, 4.69) is 55.3 Å². The van der Waals surface area contributed by atoms with Crippen molar-refractivity contribution in [3.63, 3.8) is 0 Å². The molecule has 0 saturated carbocycles. The smallest absolute Gasteiger partial charge is 0.208 e. The van der Waals surface area contributed by atoms with Crippen LogP contribution in [0.3, 0.4) is 0 Å². The summed E-state index contributed by atoms with van der Waals surface area (Å²) in [6.45, 7) is 12.1. The van der Waals surface area contributed by atoms with Crippen LogP contribution >= 0.6 is 0 Å². The van der Waals surface area contributed by atoms with E-state index in [0.717, 1.165) is 44.8 Å². The predicted octanol–water partition coefficient (Wildman–Crippen LogP) is 2.90. The van der Waals surface area contributed by atoms with Gasteiger partial charge in [-0.1, -0.05) is 35.4 Å². The summed E-state index contributed by atoms with van der Waals surface area (Å²) in [4.78, 5) is 0. The van der Waals surface area contributed by atoms with Crippen molar-refractivity contribution < 1.29 is 0 Å². The average Bonchev–Trinajstić information content (AvgIpc) is 3.29. The Bertz CT molecular complexity index is 1140. The molecule has 9 heteroatoms. The fraction of sp³-hybridized carbons (Fsp3) is 0.286. The largest absolute Gasteiger partial charge is 0.294 e. The fourth-order valence-corrected chi connectivity index (χ4v) is 4.10. The molecule has 0 radical (unpaired) electrons. The number of nitrogens with one attached hydrogen (secondary N) is 1. The first kappa shape index (κ1) is 19.6. The molecule has 4 rings (SSSR count). The van der Waals surface area contributed by atoms with Gasteiger partial charge in [-0.2, -0.15) is 9.36 Å². The lowest BCUT2D eigenvalue weighted by molar-refractivity contribution is 0.772. The number of aromatic nitrogens is 8. The number of benzene rings is 2.